The first-order valence-corrected chi connectivity index (χ1v) is 10.5. The van der Waals surface area contributed by atoms with Crippen LogP contribution in [0.2, 0.25) is 5.02 Å². The number of nitrogens with zero attached hydrogens (tertiary/aromatic N) is 2. The molecule has 0 unspecified atom stereocenters. The third-order valence-electron chi connectivity index (χ3n) is 4.02. The van der Waals surface area contributed by atoms with E-state index in [0.29, 0.717) is 39.1 Å². The minimum Gasteiger partial charge on any atom is -0.491 e. The SMILES string of the molecule is CC(C)Cn1c(SC[C@H](O)COc2ccccc2)nc2ccc(Cl)cc2c1=O. The molecule has 0 radical (unpaired) electrons. The Kier molecular flexibility index (Phi) is 6.99. The molecule has 2 aromatic carbocycles. The summed E-state index contributed by atoms with van der Waals surface area (Å²) in [7, 11) is 0. The van der Waals surface area contributed by atoms with Gasteiger partial charge >= 0.3 is 0 Å². The molecule has 0 saturated carbocycles. The lowest BCUT2D eigenvalue weighted by molar-refractivity contribution is 0.126. The number of aliphatic hydroxyl groups excluding tert-OH is 1. The zero-order chi connectivity index (χ0) is 20.1. The average Bonchev–Trinajstić information content (AvgIpc) is 2.68. The van der Waals surface area contributed by atoms with Crippen LogP contribution < -0.4 is 10.3 Å². The predicted octanol–water partition coefficient (Wildman–Crippen LogP) is 4.24. The van der Waals surface area contributed by atoms with Crippen LogP contribution in [-0.4, -0.2) is 33.1 Å². The standard InChI is InChI=1S/C21H23ClN2O3S/c1-14(2)11-24-20(26)18-10-15(22)8-9-19(18)23-21(24)28-13-16(25)12-27-17-6-4-3-5-7-17/h3-10,14,16,25H,11-13H2,1-2H3/t16-/m1/s1. The number of para-hydroxylation sites is 1. The highest BCUT2D eigenvalue weighted by Gasteiger charge is 2.15. The second-order valence-electron chi connectivity index (χ2n) is 6.95. The van der Waals surface area contributed by atoms with Crippen molar-refractivity contribution in [3.05, 3.63) is 63.9 Å². The zero-order valence-electron chi connectivity index (χ0n) is 15.8. The van der Waals surface area contributed by atoms with Gasteiger partial charge in [-0.1, -0.05) is 55.4 Å². The van der Waals surface area contributed by atoms with Gasteiger partial charge in [0.2, 0.25) is 0 Å². The molecule has 1 aromatic heterocycles. The van der Waals surface area contributed by atoms with Gasteiger partial charge in [-0.2, -0.15) is 0 Å². The molecule has 0 aliphatic carbocycles. The van der Waals surface area contributed by atoms with Gasteiger partial charge in [0.05, 0.1) is 17.0 Å². The van der Waals surface area contributed by atoms with Crippen molar-refractivity contribution in [2.75, 3.05) is 12.4 Å². The molecule has 0 amide bonds. The number of benzene rings is 2. The number of aromatic nitrogens is 2. The number of hydrogen-bond acceptors (Lipinski definition) is 5. The topological polar surface area (TPSA) is 64.3 Å². The summed E-state index contributed by atoms with van der Waals surface area (Å²) in [6.45, 7) is 4.82. The maximum atomic E-state index is 13.0. The lowest BCUT2D eigenvalue weighted by Gasteiger charge is -2.16. The molecule has 0 spiro atoms. The van der Waals surface area contributed by atoms with E-state index in [1.54, 1.807) is 22.8 Å². The first-order chi connectivity index (χ1) is 13.4. The maximum Gasteiger partial charge on any atom is 0.262 e. The average molecular weight is 419 g/mol. The van der Waals surface area contributed by atoms with Crippen LogP contribution in [0.3, 0.4) is 0 Å². The third kappa shape index (κ3) is 5.28. The first kappa shape index (κ1) is 20.7. The smallest absolute Gasteiger partial charge is 0.262 e. The van der Waals surface area contributed by atoms with Gasteiger partial charge in [0, 0.05) is 17.3 Å². The van der Waals surface area contributed by atoms with E-state index >= 15 is 0 Å². The molecule has 7 heteroatoms. The van der Waals surface area contributed by atoms with Gasteiger partial charge in [0.1, 0.15) is 12.4 Å². The molecule has 3 aromatic rings. The fraction of sp³-hybridized carbons (Fsp3) is 0.333. The Morgan fingerprint density at radius 1 is 1.21 bits per heavy atom. The lowest BCUT2D eigenvalue weighted by atomic mass is 10.2. The van der Waals surface area contributed by atoms with E-state index in [1.165, 1.54) is 11.8 Å². The Bertz CT molecular complexity index is 992. The number of hydrogen-bond donors (Lipinski definition) is 1. The molecular weight excluding hydrogens is 396 g/mol. The zero-order valence-corrected chi connectivity index (χ0v) is 17.4. The minimum absolute atomic E-state index is 0.112. The van der Waals surface area contributed by atoms with Crippen LogP contribution in [0.5, 0.6) is 5.75 Å². The lowest BCUT2D eigenvalue weighted by Crippen LogP contribution is -2.26. The van der Waals surface area contributed by atoms with E-state index in [9.17, 15) is 9.90 Å². The molecule has 1 heterocycles. The quantitative estimate of drug-likeness (QED) is 0.438. The maximum absolute atomic E-state index is 13.0. The van der Waals surface area contributed by atoms with Crippen molar-refractivity contribution in [3.8, 4) is 5.75 Å². The summed E-state index contributed by atoms with van der Waals surface area (Å²) in [5, 5.41) is 11.9. The molecule has 5 nitrogen and oxygen atoms in total. The van der Waals surface area contributed by atoms with E-state index in [-0.39, 0.29) is 18.1 Å². The van der Waals surface area contributed by atoms with Crippen molar-refractivity contribution in [1.29, 1.82) is 0 Å². The van der Waals surface area contributed by atoms with Crippen molar-refractivity contribution in [2.45, 2.75) is 31.7 Å². The summed E-state index contributed by atoms with van der Waals surface area (Å²) in [5.41, 5.74) is 0.491. The van der Waals surface area contributed by atoms with Gasteiger partial charge in [-0.15, -0.1) is 0 Å². The van der Waals surface area contributed by atoms with Crippen molar-refractivity contribution in [2.24, 2.45) is 5.92 Å². The summed E-state index contributed by atoms with van der Waals surface area (Å²) in [6, 6.07) is 14.5. The van der Waals surface area contributed by atoms with Crippen molar-refractivity contribution in [3.63, 3.8) is 0 Å². The summed E-state index contributed by atoms with van der Waals surface area (Å²) in [6.07, 6.45) is -0.685. The summed E-state index contributed by atoms with van der Waals surface area (Å²) in [4.78, 5) is 17.6. The summed E-state index contributed by atoms with van der Waals surface area (Å²) >= 11 is 7.40. The van der Waals surface area contributed by atoms with Crippen molar-refractivity contribution < 1.29 is 9.84 Å². The third-order valence-corrected chi connectivity index (χ3v) is 5.38. The fourth-order valence-electron chi connectivity index (χ4n) is 2.74. The number of thioether (sulfide) groups is 1. The molecule has 1 N–H and O–H groups in total. The Balaban J connectivity index is 1.77. The van der Waals surface area contributed by atoms with Gasteiger partial charge in [-0.3, -0.25) is 9.36 Å². The van der Waals surface area contributed by atoms with Crippen LogP contribution in [0, 0.1) is 5.92 Å². The molecule has 0 aliphatic heterocycles. The minimum atomic E-state index is -0.685. The van der Waals surface area contributed by atoms with Crippen molar-refractivity contribution >= 4 is 34.3 Å². The van der Waals surface area contributed by atoms with Crippen LogP contribution in [-0.2, 0) is 6.54 Å². The van der Waals surface area contributed by atoms with E-state index in [0.717, 1.165) is 0 Å². The number of aliphatic hydroxyl groups is 1. The molecular formula is C21H23ClN2O3S. The summed E-state index contributed by atoms with van der Waals surface area (Å²) in [5.74, 6) is 1.36. The predicted molar refractivity (Wildman–Crippen MR) is 115 cm³/mol. The highest BCUT2D eigenvalue weighted by Crippen LogP contribution is 2.22. The van der Waals surface area contributed by atoms with E-state index in [4.69, 9.17) is 16.3 Å². The van der Waals surface area contributed by atoms with E-state index < -0.39 is 6.10 Å². The Morgan fingerprint density at radius 3 is 2.68 bits per heavy atom. The summed E-state index contributed by atoms with van der Waals surface area (Å²) < 4.78 is 7.26. The van der Waals surface area contributed by atoms with Crippen LogP contribution in [0.15, 0.2) is 58.5 Å². The normalized spacial score (nSPS) is 12.5. The first-order valence-electron chi connectivity index (χ1n) is 9.13. The monoisotopic (exact) mass is 418 g/mol. The van der Waals surface area contributed by atoms with Gasteiger partial charge in [0.25, 0.3) is 5.56 Å². The van der Waals surface area contributed by atoms with Crippen molar-refractivity contribution in [1.82, 2.24) is 9.55 Å². The fourth-order valence-corrected chi connectivity index (χ4v) is 3.82. The molecule has 0 saturated heterocycles. The second-order valence-corrected chi connectivity index (χ2v) is 8.38. The second kappa shape index (κ2) is 9.45. The van der Waals surface area contributed by atoms with Gasteiger partial charge in [-0.05, 0) is 36.2 Å². The van der Waals surface area contributed by atoms with E-state index in [1.807, 2.05) is 44.2 Å². The molecule has 28 heavy (non-hydrogen) atoms. The molecule has 1 atom stereocenters. The largest absolute Gasteiger partial charge is 0.491 e. The number of ether oxygens (including phenoxy) is 1. The van der Waals surface area contributed by atoms with Crippen LogP contribution in [0.4, 0.5) is 0 Å². The Morgan fingerprint density at radius 2 is 1.96 bits per heavy atom. The molecule has 0 bridgehead atoms. The Hall–Kier alpha value is -2.02. The molecule has 3 rings (SSSR count). The molecule has 148 valence electrons. The van der Waals surface area contributed by atoms with Crippen LogP contribution in [0.25, 0.3) is 10.9 Å². The highest BCUT2D eigenvalue weighted by molar-refractivity contribution is 7.99. The Labute approximate surface area is 173 Å². The van der Waals surface area contributed by atoms with Gasteiger partial charge in [-0.25, -0.2) is 4.98 Å². The molecule has 0 aliphatic rings. The number of fused-ring (bicyclic) bond motifs is 1. The van der Waals surface area contributed by atoms with Gasteiger partial charge < -0.3 is 9.84 Å². The highest BCUT2D eigenvalue weighted by atomic mass is 35.5. The van der Waals surface area contributed by atoms with Crippen LogP contribution >= 0.6 is 23.4 Å². The molecule has 0 fully saturated rings. The van der Waals surface area contributed by atoms with Crippen LogP contribution in [0.1, 0.15) is 13.8 Å². The van der Waals surface area contributed by atoms with E-state index in [2.05, 4.69) is 4.98 Å². The number of halogens is 1. The number of rotatable bonds is 8. The van der Waals surface area contributed by atoms with Gasteiger partial charge in [0.15, 0.2) is 5.16 Å².